The highest BCUT2D eigenvalue weighted by atomic mass is 35.5. The number of nitrogens with two attached hydrogens (primary N) is 3. The van der Waals surface area contributed by atoms with Gasteiger partial charge in [-0.1, -0.05) is 0 Å². The minimum Gasteiger partial charge on any atom is -0.481 e. The van der Waals surface area contributed by atoms with Crippen molar-refractivity contribution in [2.75, 3.05) is 6.54 Å². The molecule has 0 aliphatic carbocycles. The summed E-state index contributed by atoms with van der Waals surface area (Å²) in [6, 6.07) is -0.313. The minimum absolute atomic E-state index is 0. The second kappa shape index (κ2) is 8.58. The molecule has 0 fully saturated rings. The van der Waals surface area contributed by atoms with Crippen molar-refractivity contribution >= 4 is 24.3 Å². The Balaban J connectivity index is 0. The second-order valence-corrected chi connectivity index (χ2v) is 2.81. The number of nitrogens with zero attached hydrogens (tertiary/aromatic N) is 1. The van der Waals surface area contributed by atoms with E-state index in [1.807, 2.05) is 0 Å². The summed E-state index contributed by atoms with van der Waals surface area (Å²) in [5, 5.41) is 8.38. The smallest absolute Gasteiger partial charge is 0.304 e. The van der Waals surface area contributed by atoms with Crippen molar-refractivity contribution in [2.45, 2.75) is 25.3 Å². The first-order valence-corrected chi connectivity index (χ1v) is 4.05. The van der Waals surface area contributed by atoms with Crippen LogP contribution in [0, 0.1) is 0 Å². The van der Waals surface area contributed by atoms with Crippen molar-refractivity contribution in [3.63, 3.8) is 0 Å². The van der Waals surface area contributed by atoms with Gasteiger partial charge in [0.05, 0.1) is 6.42 Å². The van der Waals surface area contributed by atoms with Gasteiger partial charge in [-0.25, -0.2) is 0 Å². The molecule has 0 spiro atoms. The average Bonchev–Trinajstić information content (AvgIpc) is 1.96. The molecule has 0 saturated carbocycles. The van der Waals surface area contributed by atoms with E-state index < -0.39 is 5.97 Å². The first kappa shape index (κ1) is 15.5. The summed E-state index contributed by atoms with van der Waals surface area (Å²) < 4.78 is 0. The standard InChI is InChI=1S/C7H16N4O2.ClH/c8-5(4-6(12)13)2-1-3-11-7(9)10;/h5H,1-4,8H2,(H,12,13)(H4,9,10,11);1H/t5-;/m0./s1. The lowest BCUT2D eigenvalue weighted by Gasteiger charge is -2.06. The molecule has 0 aromatic rings. The van der Waals surface area contributed by atoms with Crippen molar-refractivity contribution in [1.29, 1.82) is 0 Å². The summed E-state index contributed by atoms with van der Waals surface area (Å²) >= 11 is 0. The van der Waals surface area contributed by atoms with Crippen molar-refractivity contribution in [1.82, 2.24) is 0 Å². The monoisotopic (exact) mass is 224 g/mol. The van der Waals surface area contributed by atoms with Crippen LogP contribution in [0.1, 0.15) is 19.3 Å². The van der Waals surface area contributed by atoms with Crippen molar-refractivity contribution < 1.29 is 9.90 Å². The van der Waals surface area contributed by atoms with Crippen LogP contribution in [0.5, 0.6) is 0 Å². The van der Waals surface area contributed by atoms with Gasteiger partial charge in [-0.15, -0.1) is 12.4 Å². The third-order valence-electron chi connectivity index (χ3n) is 1.46. The Labute approximate surface area is 89.0 Å². The molecular weight excluding hydrogens is 208 g/mol. The quantitative estimate of drug-likeness (QED) is 0.269. The lowest BCUT2D eigenvalue weighted by atomic mass is 10.1. The van der Waals surface area contributed by atoms with E-state index >= 15 is 0 Å². The van der Waals surface area contributed by atoms with Crippen LogP contribution in [0.15, 0.2) is 4.99 Å². The summed E-state index contributed by atoms with van der Waals surface area (Å²) in [6.07, 6.45) is 1.30. The molecular formula is C7H17ClN4O2. The van der Waals surface area contributed by atoms with Gasteiger partial charge in [0.15, 0.2) is 5.96 Å². The molecule has 0 amide bonds. The van der Waals surface area contributed by atoms with Gasteiger partial charge in [0.2, 0.25) is 0 Å². The molecule has 0 aliphatic heterocycles. The zero-order valence-corrected chi connectivity index (χ0v) is 8.67. The molecule has 0 rings (SSSR count). The number of aliphatic imine (C=N–C) groups is 1. The van der Waals surface area contributed by atoms with Gasteiger partial charge >= 0.3 is 5.97 Å². The van der Waals surface area contributed by atoms with Crippen LogP contribution in [0.3, 0.4) is 0 Å². The van der Waals surface area contributed by atoms with Crippen molar-refractivity contribution in [3.8, 4) is 0 Å². The highest BCUT2D eigenvalue weighted by Crippen LogP contribution is 1.98. The van der Waals surface area contributed by atoms with Crippen LogP contribution >= 0.6 is 12.4 Å². The van der Waals surface area contributed by atoms with E-state index in [0.29, 0.717) is 19.4 Å². The number of rotatable bonds is 6. The average molecular weight is 225 g/mol. The molecule has 6 nitrogen and oxygen atoms in total. The van der Waals surface area contributed by atoms with Gasteiger partial charge in [-0.3, -0.25) is 9.79 Å². The second-order valence-electron chi connectivity index (χ2n) is 2.81. The summed E-state index contributed by atoms with van der Waals surface area (Å²) in [5.74, 6) is -0.832. The molecule has 7 heteroatoms. The Hall–Kier alpha value is -1.01. The first-order valence-electron chi connectivity index (χ1n) is 4.05. The van der Waals surface area contributed by atoms with Crippen molar-refractivity contribution in [2.24, 2.45) is 22.2 Å². The van der Waals surface area contributed by atoms with E-state index in [0.717, 1.165) is 0 Å². The van der Waals surface area contributed by atoms with Gasteiger partial charge in [0.1, 0.15) is 0 Å². The highest BCUT2D eigenvalue weighted by Gasteiger charge is 2.06. The fraction of sp³-hybridized carbons (Fsp3) is 0.714. The Morgan fingerprint density at radius 2 is 2.00 bits per heavy atom. The number of hydrogen-bond acceptors (Lipinski definition) is 3. The zero-order valence-electron chi connectivity index (χ0n) is 7.85. The molecule has 0 aromatic carbocycles. The molecule has 84 valence electrons. The number of carboxylic acids is 1. The first-order chi connectivity index (χ1) is 6.02. The normalized spacial score (nSPS) is 11.2. The molecule has 0 bridgehead atoms. The topological polar surface area (TPSA) is 128 Å². The number of guanidine groups is 1. The van der Waals surface area contributed by atoms with Crippen LogP contribution in [-0.2, 0) is 4.79 Å². The summed E-state index contributed by atoms with van der Waals surface area (Å²) in [6.45, 7) is 0.496. The van der Waals surface area contributed by atoms with Gasteiger partial charge < -0.3 is 22.3 Å². The molecule has 0 heterocycles. The number of hydrogen-bond donors (Lipinski definition) is 4. The maximum absolute atomic E-state index is 10.2. The third-order valence-corrected chi connectivity index (χ3v) is 1.46. The molecule has 0 radical (unpaired) electrons. The number of aliphatic carboxylic acids is 1. The van der Waals surface area contributed by atoms with Gasteiger partial charge in [-0.2, -0.15) is 0 Å². The molecule has 1 atom stereocenters. The van der Waals surface area contributed by atoms with Crippen LogP contribution < -0.4 is 17.2 Å². The maximum atomic E-state index is 10.2. The molecule has 0 unspecified atom stereocenters. The molecule has 0 saturated heterocycles. The fourth-order valence-electron chi connectivity index (χ4n) is 0.888. The van der Waals surface area contributed by atoms with E-state index in [4.69, 9.17) is 22.3 Å². The lowest BCUT2D eigenvalue weighted by molar-refractivity contribution is -0.137. The van der Waals surface area contributed by atoms with Crippen LogP contribution in [-0.4, -0.2) is 29.6 Å². The van der Waals surface area contributed by atoms with Gasteiger partial charge in [-0.05, 0) is 12.8 Å². The SMILES string of the molecule is Cl.NC(N)=NCCC[C@H](N)CC(=O)O. The zero-order chi connectivity index (χ0) is 10.3. The van der Waals surface area contributed by atoms with E-state index in [9.17, 15) is 4.79 Å². The van der Waals surface area contributed by atoms with E-state index in [-0.39, 0.29) is 30.8 Å². The Bertz CT molecular complexity index is 194. The van der Waals surface area contributed by atoms with Gasteiger partial charge in [0.25, 0.3) is 0 Å². The number of carboxylic acid groups (broad SMARTS) is 1. The van der Waals surface area contributed by atoms with Crippen LogP contribution in [0.4, 0.5) is 0 Å². The van der Waals surface area contributed by atoms with Crippen molar-refractivity contribution in [3.05, 3.63) is 0 Å². The Kier molecular flexibility index (Phi) is 9.48. The third kappa shape index (κ3) is 11.0. The van der Waals surface area contributed by atoms with Gasteiger partial charge in [0, 0.05) is 12.6 Å². The molecule has 7 N–H and O–H groups in total. The molecule has 0 aliphatic rings. The Morgan fingerprint density at radius 3 is 2.43 bits per heavy atom. The lowest BCUT2D eigenvalue weighted by Crippen LogP contribution is -2.25. The summed E-state index contributed by atoms with van der Waals surface area (Å²) in [4.78, 5) is 13.9. The summed E-state index contributed by atoms with van der Waals surface area (Å²) in [5.41, 5.74) is 15.7. The maximum Gasteiger partial charge on any atom is 0.304 e. The largest absolute Gasteiger partial charge is 0.481 e. The van der Waals surface area contributed by atoms with E-state index in [1.165, 1.54) is 0 Å². The summed E-state index contributed by atoms with van der Waals surface area (Å²) in [7, 11) is 0. The molecule has 0 aromatic heterocycles. The molecule has 14 heavy (non-hydrogen) atoms. The van der Waals surface area contributed by atoms with Crippen LogP contribution in [0.2, 0.25) is 0 Å². The van der Waals surface area contributed by atoms with Crippen LogP contribution in [0.25, 0.3) is 0 Å². The Morgan fingerprint density at radius 1 is 1.43 bits per heavy atom. The predicted octanol–water partition coefficient (Wildman–Crippen LogP) is -0.736. The van der Waals surface area contributed by atoms with E-state index in [1.54, 1.807) is 0 Å². The fourth-order valence-corrected chi connectivity index (χ4v) is 0.888. The predicted molar refractivity (Wildman–Crippen MR) is 57.4 cm³/mol. The van der Waals surface area contributed by atoms with E-state index in [2.05, 4.69) is 4.99 Å². The number of carbonyl (C=O) groups is 1. The minimum atomic E-state index is -0.880. The highest BCUT2D eigenvalue weighted by molar-refractivity contribution is 5.85. The number of halogens is 1.